The van der Waals surface area contributed by atoms with E-state index in [1.165, 1.54) is 19.1 Å². The molecule has 0 radical (unpaired) electrons. The zero-order valence-corrected chi connectivity index (χ0v) is 18.0. The van der Waals surface area contributed by atoms with Gasteiger partial charge in [0.2, 0.25) is 6.29 Å². The number of benzene rings is 2. The average molecular weight is 476 g/mol. The van der Waals surface area contributed by atoms with Gasteiger partial charge in [-0.15, -0.1) is 0 Å². The van der Waals surface area contributed by atoms with E-state index >= 15 is 0 Å². The molecule has 182 valence electrons. The highest BCUT2D eigenvalue weighted by atomic mass is 16.7. The predicted molar refractivity (Wildman–Crippen MR) is 113 cm³/mol. The van der Waals surface area contributed by atoms with E-state index in [4.69, 9.17) is 14.2 Å². The van der Waals surface area contributed by atoms with E-state index in [0.717, 1.165) is 0 Å². The Kier molecular flexibility index (Phi) is 6.47. The van der Waals surface area contributed by atoms with Gasteiger partial charge in [-0.1, -0.05) is 12.1 Å². The fourth-order valence-electron chi connectivity index (χ4n) is 4.09. The molecule has 11 heteroatoms. The van der Waals surface area contributed by atoms with E-state index in [1.807, 2.05) is 0 Å². The van der Waals surface area contributed by atoms with E-state index in [0.29, 0.717) is 11.8 Å². The van der Waals surface area contributed by atoms with Gasteiger partial charge >= 0.3 is 0 Å². The van der Waals surface area contributed by atoms with Crippen LogP contribution in [0.2, 0.25) is 0 Å². The van der Waals surface area contributed by atoms with Crippen LogP contribution in [0.5, 0.6) is 23.0 Å². The Morgan fingerprint density at radius 3 is 2.38 bits per heavy atom. The molecule has 6 unspecified atom stereocenters. The number of aromatic hydroxyl groups is 2. The number of ether oxygens (including phenoxy) is 3. The number of rotatable bonds is 5. The standard InChI is InChI=1S/C23H24O11/c1-9-17(28)16-13(27)6-14(10-2-4-11(26)5-3-10)32-22(16)12(7-24)21(9)34-23-20(31)19(30)18(29)15(8-25)33-23/h2-5,7,14-15,18-20,23,25-26,28-31H,6,8H2,1H3. The normalized spacial score (nSPS) is 28.7. The second-order valence-corrected chi connectivity index (χ2v) is 8.18. The zero-order valence-electron chi connectivity index (χ0n) is 18.0. The number of ketones is 1. The minimum absolute atomic E-state index is 0.0159. The molecular weight excluding hydrogens is 452 g/mol. The van der Waals surface area contributed by atoms with E-state index < -0.39 is 54.9 Å². The van der Waals surface area contributed by atoms with Gasteiger partial charge in [-0.05, 0) is 24.6 Å². The summed E-state index contributed by atoms with van der Waals surface area (Å²) in [7, 11) is 0. The van der Waals surface area contributed by atoms with Gasteiger partial charge in [-0.25, -0.2) is 0 Å². The first-order chi connectivity index (χ1) is 16.2. The number of carbonyl (C=O) groups is 2. The maximum absolute atomic E-state index is 12.9. The summed E-state index contributed by atoms with van der Waals surface area (Å²) in [5.74, 6) is -1.46. The van der Waals surface area contributed by atoms with E-state index in [1.54, 1.807) is 12.1 Å². The predicted octanol–water partition coefficient (Wildman–Crippen LogP) is 0.104. The van der Waals surface area contributed by atoms with Gasteiger partial charge in [0.05, 0.1) is 18.6 Å². The molecule has 6 N–H and O–H groups in total. The number of hydrogen-bond donors (Lipinski definition) is 6. The number of aliphatic hydroxyl groups excluding tert-OH is 4. The van der Waals surface area contributed by atoms with Crippen molar-refractivity contribution in [1.29, 1.82) is 0 Å². The summed E-state index contributed by atoms with van der Waals surface area (Å²) in [5.41, 5.74) is 0.0952. The van der Waals surface area contributed by atoms with Crippen LogP contribution in [-0.2, 0) is 4.74 Å². The lowest BCUT2D eigenvalue weighted by atomic mass is 9.91. The molecule has 0 saturated carbocycles. The summed E-state index contributed by atoms with van der Waals surface area (Å²) in [5, 5.41) is 59.9. The van der Waals surface area contributed by atoms with Gasteiger partial charge in [0.15, 0.2) is 12.1 Å². The molecule has 0 aliphatic carbocycles. The quantitative estimate of drug-likeness (QED) is 0.322. The van der Waals surface area contributed by atoms with Gasteiger partial charge in [0, 0.05) is 5.56 Å². The largest absolute Gasteiger partial charge is 0.508 e. The van der Waals surface area contributed by atoms with Crippen molar-refractivity contribution in [2.45, 2.75) is 50.2 Å². The van der Waals surface area contributed by atoms with Gasteiger partial charge in [0.25, 0.3) is 0 Å². The summed E-state index contributed by atoms with van der Waals surface area (Å²) in [4.78, 5) is 25.0. The number of Topliss-reactive ketones (excluding diaryl/α,β-unsaturated/α-hetero) is 1. The van der Waals surface area contributed by atoms with Crippen molar-refractivity contribution in [3.63, 3.8) is 0 Å². The molecule has 2 aromatic rings. The van der Waals surface area contributed by atoms with Crippen molar-refractivity contribution in [2.24, 2.45) is 0 Å². The average Bonchev–Trinajstić information content (AvgIpc) is 2.82. The summed E-state index contributed by atoms with van der Waals surface area (Å²) in [6.45, 7) is 0.687. The lowest BCUT2D eigenvalue weighted by molar-refractivity contribution is -0.277. The molecule has 11 nitrogen and oxygen atoms in total. The van der Waals surface area contributed by atoms with Gasteiger partial charge in [-0.2, -0.15) is 0 Å². The molecule has 2 aliphatic rings. The van der Waals surface area contributed by atoms with Crippen molar-refractivity contribution in [3.05, 3.63) is 46.5 Å². The van der Waals surface area contributed by atoms with Crippen LogP contribution >= 0.6 is 0 Å². The molecule has 1 fully saturated rings. The molecule has 2 aromatic carbocycles. The van der Waals surface area contributed by atoms with E-state index in [-0.39, 0.29) is 40.4 Å². The highest BCUT2D eigenvalue weighted by molar-refractivity contribution is 6.06. The van der Waals surface area contributed by atoms with Crippen LogP contribution in [0.15, 0.2) is 24.3 Å². The molecule has 0 aromatic heterocycles. The molecule has 34 heavy (non-hydrogen) atoms. The highest BCUT2D eigenvalue weighted by Gasteiger charge is 2.45. The summed E-state index contributed by atoms with van der Waals surface area (Å²) in [6, 6.07) is 5.94. The second kappa shape index (κ2) is 9.20. The van der Waals surface area contributed by atoms with Crippen LogP contribution in [0.3, 0.4) is 0 Å². The number of aliphatic hydroxyl groups is 4. The Morgan fingerprint density at radius 2 is 1.76 bits per heavy atom. The molecule has 0 amide bonds. The topological polar surface area (TPSA) is 183 Å². The monoisotopic (exact) mass is 476 g/mol. The first kappa shape index (κ1) is 23.9. The molecule has 0 spiro atoms. The van der Waals surface area contributed by atoms with Crippen LogP contribution < -0.4 is 9.47 Å². The maximum atomic E-state index is 12.9. The van der Waals surface area contributed by atoms with Gasteiger partial charge in [0.1, 0.15) is 59.1 Å². The lowest BCUT2D eigenvalue weighted by Gasteiger charge is -2.40. The maximum Gasteiger partial charge on any atom is 0.229 e. The first-order valence-corrected chi connectivity index (χ1v) is 10.5. The molecule has 2 aliphatic heterocycles. The Labute approximate surface area is 193 Å². The van der Waals surface area contributed by atoms with Crippen molar-refractivity contribution in [3.8, 4) is 23.0 Å². The Bertz CT molecular complexity index is 1100. The third-order valence-corrected chi connectivity index (χ3v) is 6.02. The summed E-state index contributed by atoms with van der Waals surface area (Å²) in [6.07, 6.45) is -8.57. The Balaban J connectivity index is 1.75. The minimum atomic E-state index is -1.76. The van der Waals surface area contributed by atoms with Crippen LogP contribution in [0.4, 0.5) is 0 Å². The fourth-order valence-corrected chi connectivity index (χ4v) is 4.09. The molecule has 2 heterocycles. The molecule has 1 saturated heterocycles. The smallest absolute Gasteiger partial charge is 0.229 e. The number of fused-ring (bicyclic) bond motifs is 1. The van der Waals surface area contributed by atoms with E-state index in [2.05, 4.69) is 0 Å². The molecular formula is C23H24O11. The summed E-state index contributed by atoms with van der Waals surface area (Å²) < 4.78 is 16.9. The van der Waals surface area contributed by atoms with Crippen molar-refractivity contribution >= 4 is 12.1 Å². The molecule has 6 atom stereocenters. The number of aldehydes is 1. The number of hydrogen-bond acceptors (Lipinski definition) is 11. The fraction of sp³-hybridized carbons (Fsp3) is 0.391. The van der Waals surface area contributed by atoms with Crippen molar-refractivity contribution < 1.29 is 54.4 Å². The third kappa shape index (κ3) is 3.97. The van der Waals surface area contributed by atoms with Crippen LogP contribution in [-0.4, -0.2) is 80.0 Å². The van der Waals surface area contributed by atoms with Gasteiger partial charge < -0.3 is 44.8 Å². The third-order valence-electron chi connectivity index (χ3n) is 6.02. The molecule has 0 bridgehead atoms. The highest BCUT2D eigenvalue weighted by Crippen LogP contribution is 2.48. The summed E-state index contributed by atoms with van der Waals surface area (Å²) >= 11 is 0. The van der Waals surface area contributed by atoms with E-state index in [9.17, 15) is 40.2 Å². The number of phenolic OH excluding ortho intramolecular Hbond substituents is 2. The van der Waals surface area contributed by atoms with Crippen molar-refractivity contribution in [1.82, 2.24) is 0 Å². The lowest BCUT2D eigenvalue weighted by Crippen LogP contribution is -2.60. The molecule has 4 rings (SSSR count). The Hall–Kier alpha value is -3.22. The van der Waals surface area contributed by atoms with Gasteiger partial charge in [-0.3, -0.25) is 9.59 Å². The Morgan fingerprint density at radius 1 is 1.09 bits per heavy atom. The first-order valence-electron chi connectivity index (χ1n) is 10.5. The van der Waals surface area contributed by atoms with Crippen LogP contribution in [0, 0.1) is 6.92 Å². The van der Waals surface area contributed by atoms with Crippen LogP contribution in [0.25, 0.3) is 0 Å². The van der Waals surface area contributed by atoms with Crippen molar-refractivity contribution in [2.75, 3.05) is 6.61 Å². The van der Waals surface area contributed by atoms with Crippen LogP contribution in [0.1, 0.15) is 44.4 Å². The second-order valence-electron chi connectivity index (χ2n) is 8.18. The zero-order chi connectivity index (χ0) is 24.7. The number of phenols is 2. The number of carbonyl (C=O) groups excluding carboxylic acids is 2. The SMILES string of the molecule is Cc1c(O)c2c(c(C=O)c1OC1OC(CO)C(O)C(O)C1O)OC(c1ccc(O)cc1)CC2=O. The minimum Gasteiger partial charge on any atom is -0.508 e.